The highest BCUT2D eigenvalue weighted by Gasteiger charge is 2.21. The van der Waals surface area contributed by atoms with Crippen LogP contribution in [-0.2, 0) is 14.3 Å². The van der Waals surface area contributed by atoms with Crippen molar-refractivity contribution in [2.24, 2.45) is 0 Å². The van der Waals surface area contributed by atoms with Crippen LogP contribution in [0.3, 0.4) is 0 Å². The summed E-state index contributed by atoms with van der Waals surface area (Å²) in [5.41, 5.74) is 2.94. The number of aromatic nitrogens is 1. The molecular formula is C20H27N3O3. The molecule has 0 aromatic carbocycles. The van der Waals surface area contributed by atoms with E-state index in [1.165, 1.54) is 37.0 Å². The molecule has 140 valence electrons. The topological polar surface area (TPSA) is 75.3 Å². The van der Waals surface area contributed by atoms with Gasteiger partial charge in [-0.15, -0.1) is 0 Å². The van der Waals surface area contributed by atoms with Gasteiger partial charge in [-0.25, -0.2) is 4.79 Å². The lowest BCUT2D eigenvalue weighted by Gasteiger charge is -2.26. The highest BCUT2D eigenvalue weighted by Crippen LogP contribution is 2.32. The summed E-state index contributed by atoms with van der Waals surface area (Å²) >= 11 is 0. The molecule has 1 saturated carbocycles. The Balaban J connectivity index is 2.19. The van der Waals surface area contributed by atoms with Crippen molar-refractivity contribution in [1.29, 1.82) is 5.26 Å². The molecule has 1 aliphatic rings. The molecule has 1 amide bonds. The molecule has 1 aromatic rings. The number of nitriles is 1. The maximum Gasteiger partial charge on any atom is 0.349 e. The molecule has 0 unspecified atom stereocenters. The molecule has 0 spiro atoms. The molecule has 6 nitrogen and oxygen atoms in total. The van der Waals surface area contributed by atoms with E-state index in [0.717, 1.165) is 17.0 Å². The lowest BCUT2D eigenvalue weighted by atomic mass is 9.95. The van der Waals surface area contributed by atoms with E-state index in [9.17, 15) is 14.9 Å². The first-order valence-electron chi connectivity index (χ1n) is 9.02. The van der Waals surface area contributed by atoms with Crippen molar-refractivity contribution in [1.82, 2.24) is 9.47 Å². The first-order valence-corrected chi connectivity index (χ1v) is 9.02. The van der Waals surface area contributed by atoms with Crippen molar-refractivity contribution in [2.75, 3.05) is 20.7 Å². The lowest BCUT2D eigenvalue weighted by Crippen LogP contribution is -2.27. The number of esters is 1. The third-order valence-electron chi connectivity index (χ3n) is 4.93. The number of nitrogens with zero attached hydrogens (tertiary/aromatic N) is 3. The average molecular weight is 357 g/mol. The predicted molar refractivity (Wildman–Crippen MR) is 99.3 cm³/mol. The van der Waals surface area contributed by atoms with Gasteiger partial charge in [0.1, 0.15) is 11.6 Å². The first kappa shape index (κ1) is 19.8. The molecule has 1 fully saturated rings. The van der Waals surface area contributed by atoms with Crippen LogP contribution in [0.15, 0.2) is 11.6 Å². The summed E-state index contributed by atoms with van der Waals surface area (Å²) in [6.07, 6.45) is 7.66. The maximum absolute atomic E-state index is 12.1. The third-order valence-corrected chi connectivity index (χ3v) is 4.93. The van der Waals surface area contributed by atoms with Gasteiger partial charge in [-0.2, -0.15) is 5.26 Å². The standard InChI is InChI=1S/C20H27N3O3/c1-14-10-16(15(2)23(14)18-8-6-5-7-9-18)11-17(12-21)20(25)26-13-19(24)22(3)4/h10-11,18H,5-9,13H2,1-4H3/b17-11+. The number of likely N-dealkylation sites (N-methyl/N-ethyl adjacent to an activating group) is 1. The van der Waals surface area contributed by atoms with Crippen LogP contribution < -0.4 is 0 Å². The second kappa shape index (κ2) is 8.70. The molecule has 1 aromatic heterocycles. The van der Waals surface area contributed by atoms with E-state index >= 15 is 0 Å². The summed E-state index contributed by atoms with van der Waals surface area (Å²) in [5.74, 6) is -1.10. The zero-order valence-corrected chi connectivity index (χ0v) is 16.0. The number of hydrogen-bond donors (Lipinski definition) is 0. The Hall–Kier alpha value is -2.55. The van der Waals surface area contributed by atoms with Crippen LogP contribution in [0.1, 0.15) is 55.1 Å². The van der Waals surface area contributed by atoms with Gasteiger partial charge in [0, 0.05) is 31.5 Å². The molecule has 1 heterocycles. The Morgan fingerprint density at radius 2 is 1.96 bits per heavy atom. The van der Waals surface area contributed by atoms with Gasteiger partial charge in [0.25, 0.3) is 5.91 Å². The minimum atomic E-state index is -0.773. The molecule has 0 radical (unpaired) electrons. The summed E-state index contributed by atoms with van der Waals surface area (Å²) in [4.78, 5) is 25.0. The summed E-state index contributed by atoms with van der Waals surface area (Å²) in [6, 6.07) is 4.38. The number of amides is 1. The highest BCUT2D eigenvalue weighted by molar-refractivity contribution is 5.99. The number of aryl methyl sites for hydroxylation is 1. The van der Waals surface area contributed by atoms with Crippen molar-refractivity contribution in [2.45, 2.75) is 52.0 Å². The molecule has 1 aliphatic carbocycles. The second-order valence-corrected chi connectivity index (χ2v) is 7.02. The van der Waals surface area contributed by atoms with Crippen molar-refractivity contribution in [3.63, 3.8) is 0 Å². The monoisotopic (exact) mass is 357 g/mol. The van der Waals surface area contributed by atoms with E-state index in [1.54, 1.807) is 20.2 Å². The Bertz CT molecular complexity index is 747. The quantitative estimate of drug-likeness (QED) is 0.461. The summed E-state index contributed by atoms with van der Waals surface area (Å²) in [7, 11) is 3.16. The SMILES string of the molecule is Cc1cc(/C=C(\C#N)C(=O)OCC(=O)N(C)C)c(C)n1C1CCCCC1. The van der Waals surface area contributed by atoms with Gasteiger partial charge in [0.15, 0.2) is 6.61 Å². The zero-order valence-electron chi connectivity index (χ0n) is 16.0. The van der Waals surface area contributed by atoms with E-state index in [2.05, 4.69) is 11.5 Å². The number of carbonyl (C=O) groups is 2. The van der Waals surface area contributed by atoms with Crippen LogP contribution in [-0.4, -0.2) is 42.0 Å². The minimum Gasteiger partial charge on any atom is -0.451 e. The second-order valence-electron chi connectivity index (χ2n) is 7.02. The Morgan fingerprint density at radius 1 is 1.31 bits per heavy atom. The van der Waals surface area contributed by atoms with E-state index in [-0.39, 0.29) is 18.1 Å². The van der Waals surface area contributed by atoms with Gasteiger partial charge in [0.05, 0.1) is 0 Å². The molecule has 0 bridgehead atoms. The smallest absolute Gasteiger partial charge is 0.349 e. The van der Waals surface area contributed by atoms with Crippen LogP contribution in [0.4, 0.5) is 0 Å². The van der Waals surface area contributed by atoms with Crippen molar-refractivity contribution in [3.8, 4) is 6.07 Å². The Morgan fingerprint density at radius 3 is 2.54 bits per heavy atom. The fourth-order valence-electron chi connectivity index (χ4n) is 3.48. The van der Waals surface area contributed by atoms with Crippen molar-refractivity contribution < 1.29 is 14.3 Å². The summed E-state index contributed by atoms with van der Waals surface area (Å²) in [6.45, 7) is 3.70. The van der Waals surface area contributed by atoms with Gasteiger partial charge in [-0.1, -0.05) is 19.3 Å². The minimum absolute atomic E-state index is 0.0968. The largest absolute Gasteiger partial charge is 0.451 e. The fraction of sp³-hybridized carbons (Fsp3) is 0.550. The number of carbonyl (C=O) groups excluding carboxylic acids is 2. The van der Waals surface area contributed by atoms with Gasteiger partial charge in [-0.3, -0.25) is 4.79 Å². The van der Waals surface area contributed by atoms with Gasteiger partial charge in [-0.05, 0) is 44.4 Å². The molecular weight excluding hydrogens is 330 g/mol. The number of rotatable bonds is 5. The average Bonchev–Trinajstić information content (AvgIpc) is 2.91. The number of ether oxygens (including phenoxy) is 1. The lowest BCUT2D eigenvalue weighted by molar-refractivity contribution is -0.147. The summed E-state index contributed by atoms with van der Waals surface area (Å²) in [5, 5.41) is 9.33. The van der Waals surface area contributed by atoms with E-state index in [0.29, 0.717) is 6.04 Å². The van der Waals surface area contributed by atoms with Crippen LogP contribution in [0.25, 0.3) is 6.08 Å². The van der Waals surface area contributed by atoms with Crippen LogP contribution in [0, 0.1) is 25.2 Å². The van der Waals surface area contributed by atoms with Crippen molar-refractivity contribution in [3.05, 3.63) is 28.6 Å². The normalized spacial score (nSPS) is 15.4. The zero-order chi connectivity index (χ0) is 19.3. The highest BCUT2D eigenvalue weighted by atomic mass is 16.5. The number of hydrogen-bond acceptors (Lipinski definition) is 4. The van der Waals surface area contributed by atoms with Gasteiger partial charge in [0.2, 0.25) is 0 Å². The molecule has 6 heteroatoms. The van der Waals surface area contributed by atoms with Crippen LogP contribution in [0.2, 0.25) is 0 Å². The fourth-order valence-corrected chi connectivity index (χ4v) is 3.48. The summed E-state index contributed by atoms with van der Waals surface area (Å²) < 4.78 is 7.28. The van der Waals surface area contributed by atoms with Crippen LogP contribution in [0.5, 0.6) is 0 Å². The van der Waals surface area contributed by atoms with Gasteiger partial charge < -0.3 is 14.2 Å². The Labute approximate surface area is 155 Å². The molecule has 2 rings (SSSR count). The van der Waals surface area contributed by atoms with Crippen molar-refractivity contribution >= 4 is 18.0 Å². The van der Waals surface area contributed by atoms with E-state index in [1.807, 2.05) is 19.1 Å². The third kappa shape index (κ3) is 4.54. The maximum atomic E-state index is 12.1. The predicted octanol–water partition coefficient (Wildman–Crippen LogP) is 3.15. The molecule has 0 aliphatic heterocycles. The van der Waals surface area contributed by atoms with E-state index < -0.39 is 5.97 Å². The Kier molecular flexibility index (Phi) is 6.62. The first-order chi connectivity index (χ1) is 12.3. The molecule has 0 N–H and O–H groups in total. The van der Waals surface area contributed by atoms with Gasteiger partial charge >= 0.3 is 5.97 Å². The van der Waals surface area contributed by atoms with Crippen LogP contribution >= 0.6 is 0 Å². The molecule has 26 heavy (non-hydrogen) atoms. The van der Waals surface area contributed by atoms with E-state index in [4.69, 9.17) is 4.74 Å². The molecule has 0 atom stereocenters. The molecule has 0 saturated heterocycles.